The highest BCUT2D eigenvalue weighted by atomic mass is 31.2. The van der Waals surface area contributed by atoms with Gasteiger partial charge in [-0.25, -0.2) is 4.57 Å². The molecule has 0 bridgehead atoms. The van der Waals surface area contributed by atoms with E-state index in [-0.39, 0.29) is 25.1 Å². The van der Waals surface area contributed by atoms with Gasteiger partial charge in [0.05, 0.1) is 33.8 Å². The van der Waals surface area contributed by atoms with Crippen molar-refractivity contribution in [1.82, 2.24) is 5.32 Å². The van der Waals surface area contributed by atoms with E-state index in [0.717, 1.165) is 57.8 Å². The lowest BCUT2D eigenvalue weighted by Crippen LogP contribution is -2.47. The largest absolute Gasteiger partial charge is 0.472 e. The van der Waals surface area contributed by atoms with Crippen LogP contribution >= 0.6 is 7.82 Å². The molecule has 9 nitrogen and oxygen atoms in total. The molecule has 0 aliphatic carbocycles. The van der Waals surface area contributed by atoms with E-state index in [1.807, 2.05) is 27.2 Å². The lowest BCUT2D eigenvalue weighted by molar-refractivity contribution is -0.870. The molecule has 0 rings (SSSR count). The molecule has 0 radical (unpaired) electrons. The van der Waals surface area contributed by atoms with E-state index >= 15 is 0 Å². The van der Waals surface area contributed by atoms with Crippen LogP contribution in [0, 0.1) is 0 Å². The van der Waals surface area contributed by atoms with Gasteiger partial charge in [0, 0.05) is 12.8 Å². The number of unbranched alkanes of at least 4 members (excludes halogenated alkanes) is 57. The summed E-state index contributed by atoms with van der Waals surface area (Å²) in [5, 5.41) is 3.09. The molecule has 0 aromatic rings. The van der Waals surface area contributed by atoms with Crippen LogP contribution in [0.5, 0.6) is 0 Å². The first kappa shape index (κ1) is 85.8. The minimum Gasteiger partial charge on any atom is -0.456 e. The van der Waals surface area contributed by atoms with Gasteiger partial charge in [-0.2, -0.15) is 0 Å². The van der Waals surface area contributed by atoms with Gasteiger partial charge in [0.1, 0.15) is 19.3 Å². The molecule has 0 aliphatic rings. The SMILES string of the molecule is CCCCCCCCCCC/C=C/C(OC(=O)CCCCCCCCCCCCCCCCCCCCCCCCCCC)C(COP(=O)(O)OCC[N+](C)(C)C)NC(=O)CCCCCCCCCCCCCCCCCCCCCCCCCCC. The second-order valence-corrected chi connectivity index (χ2v) is 29.7. The van der Waals surface area contributed by atoms with Crippen LogP contribution in [0.25, 0.3) is 0 Å². The summed E-state index contributed by atoms with van der Waals surface area (Å²) in [5.74, 6) is -0.474. The molecular formula is C77H154N2O7P+. The van der Waals surface area contributed by atoms with Crippen molar-refractivity contribution in [3.05, 3.63) is 12.2 Å². The maximum Gasteiger partial charge on any atom is 0.472 e. The number of hydrogen-bond acceptors (Lipinski definition) is 6. The number of likely N-dealkylation sites (N-methyl/N-ethyl adjacent to an activating group) is 1. The molecule has 0 spiro atoms. The van der Waals surface area contributed by atoms with Gasteiger partial charge in [-0.05, 0) is 31.8 Å². The first-order chi connectivity index (χ1) is 42.4. The highest BCUT2D eigenvalue weighted by molar-refractivity contribution is 7.47. The highest BCUT2D eigenvalue weighted by Gasteiger charge is 2.30. The summed E-state index contributed by atoms with van der Waals surface area (Å²) in [5.41, 5.74) is 0. The van der Waals surface area contributed by atoms with Crippen molar-refractivity contribution >= 4 is 19.7 Å². The average molecular weight is 1250 g/mol. The van der Waals surface area contributed by atoms with Crippen molar-refractivity contribution < 1.29 is 37.3 Å². The number of carbonyl (C=O) groups is 2. The molecule has 2 N–H and O–H groups in total. The normalized spacial score (nSPS) is 13.4. The van der Waals surface area contributed by atoms with Crippen molar-refractivity contribution in [3.63, 3.8) is 0 Å². The number of esters is 1. The van der Waals surface area contributed by atoms with Gasteiger partial charge in [-0.3, -0.25) is 18.6 Å². The first-order valence-electron chi connectivity index (χ1n) is 39.0. The minimum atomic E-state index is -4.45. The third kappa shape index (κ3) is 68.9. The Hall–Kier alpha value is -1.25. The number of phosphoric ester groups is 1. The fourth-order valence-electron chi connectivity index (χ4n) is 12.2. The molecule has 0 heterocycles. The van der Waals surface area contributed by atoms with Gasteiger partial charge in [0.25, 0.3) is 0 Å². The second-order valence-electron chi connectivity index (χ2n) is 28.3. The van der Waals surface area contributed by atoms with Crippen molar-refractivity contribution in [2.75, 3.05) is 40.9 Å². The molecule has 3 unspecified atom stereocenters. The predicted octanol–water partition coefficient (Wildman–Crippen LogP) is 25.0. The maximum absolute atomic E-state index is 13.6. The molecule has 0 aromatic carbocycles. The molecule has 3 atom stereocenters. The Kier molecular flexibility index (Phi) is 66.7. The summed E-state index contributed by atoms with van der Waals surface area (Å²) in [6.45, 7) is 7.10. The van der Waals surface area contributed by atoms with E-state index < -0.39 is 20.0 Å². The monoisotopic (exact) mass is 1250 g/mol. The third-order valence-corrected chi connectivity index (χ3v) is 19.2. The molecule has 87 heavy (non-hydrogen) atoms. The lowest BCUT2D eigenvalue weighted by Gasteiger charge is -2.27. The number of nitrogens with one attached hydrogen (secondary N) is 1. The standard InChI is InChI=1S/C77H153N2O7P/c1-7-10-13-16-19-22-25-27-29-31-33-35-37-39-41-43-45-47-49-51-54-57-60-63-66-69-76(80)78-74(73-85-87(82,83)84-72-71-79(4,5)6)75(68-65-62-59-56-53-24-21-18-15-12-9-3)86-77(81)70-67-64-61-58-55-52-50-48-46-44-42-40-38-36-34-32-30-28-26-23-20-17-14-11-8-2/h65,68,74-75H,7-64,66-67,69-73H2,1-6H3,(H-,78,80,82,83)/p+1/b68-65+. The number of phosphoric acid groups is 1. The van der Waals surface area contributed by atoms with E-state index in [1.165, 1.54) is 327 Å². The number of carbonyl (C=O) groups excluding carboxylic acids is 2. The summed E-state index contributed by atoms with van der Waals surface area (Å²) in [6, 6.07) is -0.841. The summed E-state index contributed by atoms with van der Waals surface area (Å²) in [4.78, 5) is 38.0. The lowest BCUT2D eigenvalue weighted by atomic mass is 10.0. The number of ether oxygens (including phenoxy) is 1. The van der Waals surface area contributed by atoms with Crippen LogP contribution in [0.3, 0.4) is 0 Å². The van der Waals surface area contributed by atoms with Gasteiger partial charge in [-0.1, -0.05) is 386 Å². The van der Waals surface area contributed by atoms with Gasteiger partial charge in [0.2, 0.25) is 5.91 Å². The molecule has 0 saturated carbocycles. The molecular weight excluding hydrogens is 1100 g/mol. The summed E-state index contributed by atoms with van der Waals surface area (Å²) in [6.07, 6.45) is 82.5. The van der Waals surface area contributed by atoms with Crippen LogP contribution in [0.4, 0.5) is 0 Å². The number of hydrogen-bond donors (Lipinski definition) is 2. The smallest absolute Gasteiger partial charge is 0.456 e. The third-order valence-electron chi connectivity index (χ3n) is 18.2. The number of nitrogens with zero attached hydrogens (tertiary/aromatic N) is 1. The van der Waals surface area contributed by atoms with Crippen molar-refractivity contribution in [3.8, 4) is 0 Å². The van der Waals surface area contributed by atoms with E-state index in [2.05, 4.69) is 32.2 Å². The summed E-state index contributed by atoms with van der Waals surface area (Å²) < 4.78 is 30.9. The van der Waals surface area contributed by atoms with Gasteiger partial charge >= 0.3 is 13.8 Å². The predicted molar refractivity (Wildman–Crippen MR) is 379 cm³/mol. The Labute approximate surface area is 543 Å². The Balaban J connectivity index is 4.86. The van der Waals surface area contributed by atoms with Crippen LogP contribution in [0.15, 0.2) is 12.2 Å². The first-order valence-corrected chi connectivity index (χ1v) is 40.5. The van der Waals surface area contributed by atoms with Crippen LogP contribution in [0.2, 0.25) is 0 Å². The van der Waals surface area contributed by atoms with E-state index in [0.29, 0.717) is 23.9 Å². The zero-order chi connectivity index (χ0) is 63.5. The second kappa shape index (κ2) is 67.6. The van der Waals surface area contributed by atoms with Crippen LogP contribution in [-0.4, -0.2) is 74.3 Å². The molecule has 518 valence electrons. The van der Waals surface area contributed by atoms with Crippen molar-refractivity contribution in [1.29, 1.82) is 0 Å². The number of allylic oxidation sites excluding steroid dienone is 1. The van der Waals surface area contributed by atoms with Gasteiger partial charge in [-0.15, -0.1) is 0 Å². The summed E-state index contributed by atoms with van der Waals surface area (Å²) in [7, 11) is 1.53. The van der Waals surface area contributed by atoms with E-state index in [4.69, 9.17) is 13.8 Å². The van der Waals surface area contributed by atoms with Crippen LogP contribution in [-0.2, 0) is 27.9 Å². The number of quaternary nitrogens is 1. The molecule has 0 saturated heterocycles. The Morgan fingerprint density at radius 3 is 0.943 bits per heavy atom. The Morgan fingerprint density at radius 1 is 0.391 bits per heavy atom. The average Bonchev–Trinajstić information content (AvgIpc) is 3.70. The molecule has 0 fully saturated rings. The minimum absolute atomic E-state index is 0.0462. The van der Waals surface area contributed by atoms with Crippen LogP contribution < -0.4 is 5.32 Å². The quantitative estimate of drug-likeness (QED) is 0.0205. The fraction of sp³-hybridized carbons (Fsp3) is 0.948. The molecule has 1 amide bonds. The van der Waals surface area contributed by atoms with E-state index in [9.17, 15) is 19.0 Å². The van der Waals surface area contributed by atoms with Crippen molar-refractivity contribution in [2.24, 2.45) is 0 Å². The van der Waals surface area contributed by atoms with Gasteiger partial charge < -0.3 is 19.4 Å². The van der Waals surface area contributed by atoms with Crippen LogP contribution in [0.1, 0.15) is 419 Å². The highest BCUT2D eigenvalue weighted by Crippen LogP contribution is 2.43. The molecule has 0 aliphatic heterocycles. The molecule has 10 heteroatoms. The van der Waals surface area contributed by atoms with Gasteiger partial charge in [0.15, 0.2) is 0 Å². The molecule has 0 aromatic heterocycles. The fourth-order valence-corrected chi connectivity index (χ4v) is 13.0. The number of amides is 1. The van der Waals surface area contributed by atoms with Crippen molar-refractivity contribution in [2.45, 2.75) is 431 Å². The zero-order valence-electron chi connectivity index (χ0n) is 59.6. The maximum atomic E-state index is 13.6. The Morgan fingerprint density at radius 2 is 0.655 bits per heavy atom. The Bertz CT molecular complexity index is 1490. The topological polar surface area (TPSA) is 111 Å². The summed E-state index contributed by atoms with van der Waals surface area (Å²) >= 11 is 0. The van der Waals surface area contributed by atoms with E-state index in [1.54, 1.807) is 0 Å². The zero-order valence-corrected chi connectivity index (χ0v) is 60.5. The number of rotatable bonds is 73.